The van der Waals surface area contributed by atoms with Crippen LogP contribution in [0.3, 0.4) is 0 Å². The minimum atomic E-state index is 0.639. The number of rotatable bonds is 2. The third-order valence-electron chi connectivity index (χ3n) is 1.48. The van der Waals surface area contributed by atoms with Gasteiger partial charge in [-0.05, 0) is 6.92 Å². The van der Waals surface area contributed by atoms with E-state index in [1.165, 1.54) is 11.3 Å². The Hall–Kier alpha value is -1.07. The van der Waals surface area contributed by atoms with E-state index in [4.69, 9.17) is 0 Å². The van der Waals surface area contributed by atoms with Crippen molar-refractivity contribution in [1.82, 2.24) is 9.97 Å². The molecule has 0 aromatic carbocycles. The first-order valence-electron chi connectivity index (χ1n) is 3.63. The molecule has 5 heteroatoms. The molecule has 66 valence electrons. The van der Waals surface area contributed by atoms with Crippen LogP contribution in [0, 0.1) is 6.92 Å². The van der Waals surface area contributed by atoms with Crippen LogP contribution in [0.4, 0.5) is 0 Å². The summed E-state index contributed by atoms with van der Waals surface area (Å²) in [6.07, 6.45) is 2.38. The summed E-state index contributed by atoms with van der Waals surface area (Å²) < 4.78 is 0. The average molecular weight is 210 g/mol. The summed E-state index contributed by atoms with van der Waals surface area (Å²) in [6.45, 7) is 1.95. The number of carbonyl (C=O) groups excluding carboxylic acids is 1. The predicted octanol–water partition coefficient (Wildman–Crippen LogP) is 2.39. The molecule has 2 heterocycles. The van der Waals surface area contributed by atoms with Crippen molar-refractivity contribution in [2.75, 3.05) is 0 Å². The van der Waals surface area contributed by atoms with Gasteiger partial charge in [0, 0.05) is 11.6 Å². The maximum absolute atomic E-state index is 10.4. The molecule has 3 nitrogen and oxygen atoms in total. The van der Waals surface area contributed by atoms with Gasteiger partial charge in [0.2, 0.25) is 0 Å². The van der Waals surface area contributed by atoms with Gasteiger partial charge in [-0.1, -0.05) is 0 Å². The Bertz CT molecular complexity index is 433. The summed E-state index contributed by atoms with van der Waals surface area (Å²) in [5, 5.41) is 3.77. The zero-order valence-corrected chi connectivity index (χ0v) is 8.48. The average Bonchev–Trinajstić information content (AvgIpc) is 2.71. The van der Waals surface area contributed by atoms with Crippen molar-refractivity contribution in [1.29, 1.82) is 0 Å². The summed E-state index contributed by atoms with van der Waals surface area (Å²) in [4.78, 5) is 19.4. The number of hydrogen-bond acceptors (Lipinski definition) is 5. The van der Waals surface area contributed by atoms with Crippen LogP contribution < -0.4 is 0 Å². The Morgan fingerprint density at radius 1 is 1.54 bits per heavy atom. The van der Waals surface area contributed by atoms with Crippen LogP contribution in [0.5, 0.6) is 0 Å². The van der Waals surface area contributed by atoms with Crippen molar-refractivity contribution in [3.05, 3.63) is 21.5 Å². The van der Waals surface area contributed by atoms with Gasteiger partial charge in [0.25, 0.3) is 0 Å². The normalized spacial score (nSPS) is 10.2. The molecule has 0 N–H and O–H groups in total. The standard InChI is InChI=1S/C8H6N2OS2/c1-5-10-7(4-12-5)8-9-2-6(3-11)13-8/h2-4H,1H3. The van der Waals surface area contributed by atoms with E-state index in [-0.39, 0.29) is 0 Å². The fourth-order valence-corrected chi connectivity index (χ4v) is 2.28. The molecule has 0 aliphatic rings. The highest BCUT2D eigenvalue weighted by Gasteiger charge is 2.06. The summed E-state index contributed by atoms with van der Waals surface area (Å²) in [7, 11) is 0. The van der Waals surface area contributed by atoms with Crippen molar-refractivity contribution in [3.63, 3.8) is 0 Å². The SMILES string of the molecule is Cc1nc(-c2ncc(C=O)s2)cs1. The van der Waals surface area contributed by atoms with Gasteiger partial charge in [0.1, 0.15) is 10.7 Å². The molecule has 0 aliphatic heterocycles. The fourth-order valence-electron chi connectivity index (χ4n) is 0.921. The number of aldehydes is 1. The van der Waals surface area contributed by atoms with Crippen LogP contribution in [0.25, 0.3) is 10.7 Å². The molecule has 0 saturated heterocycles. The molecule has 2 aromatic heterocycles. The third-order valence-corrected chi connectivity index (χ3v) is 3.20. The molecule has 0 fully saturated rings. The van der Waals surface area contributed by atoms with Gasteiger partial charge in [0.05, 0.1) is 9.88 Å². The number of nitrogens with zero attached hydrogens (tertiary/aromatic N) is 2. The molecule has 2 aromatic rings. The first-order valence-corrected chi connectivity index (χ1v) is 5.32. The number of aryl methyl sites for hydroxylation is 1. The van der Waals surface area contributed by atoms with Gasteiger partial charge in [-0.15, -0.1) is 22.7 Å². The van der Waals surface area contributed by atoms with Gasteiger partial charge in [-0.2, -0.15) is 0 Å². The lowest BCUT2D eigenvalue weighted by atomic mass is 10.5. The van der Waals surface area contributed by atoms with Crippen molar-refractivity contribution >= 4 is 29.0 Å². The molecule has 0 bridgehead atoms. The van der Waals surface area contributed by atoms with Crippen LogP contribution in [0.1, 0.15) is 14.7 Å². The van der Waals surface area contributed by atoms with Gasteiger partial charge < -0.3 is 0 Å². The Kier molecular flexibility index (Phi) is 2.20. The molecular formula is C8H6N2OS2. The van der Waals surface area contributed by atoms with Crippen molar-refractivity contribution in [2.24, 2.45) is 0 Å². The van der Waals surface area contributed by atoms with E-state index in [0.29, 0.717) is 4.88 Å². The lowest BCUT2D eigenvalue weighted by Gasteiger charge is -1.84. The molecule has 0 saturated carbocycles. The number of thiazole rings is 2. The molecule has 2 rings (SSSR count). The molecule has 13 heavy (non-hydrogen) atoms. The second-order valence-corrected chi connectivity index (χ2v) is 4.56. The first kappa shape index (κ1) is 8.52. The topological polar surface area (TPSA) is 42.9 Å². The zero-order chi connectivity index (χ0) is 9.26. The van der Waals surface area contributed by atoms with Crippen molar-refractivity contribution in [3.8, 4) is 10.7 Å². The summed E-state index contributed by atoms with van der Waals surface area (Å²) in [5.74, 6) is 0. The van der Waals surface area contributed by atoms with Gasteiger partial charge in [-0.3, -0.25) is 4.79 Å². The van der Waals surface area contributed by atoms with E-state index in [9.17, 15) is 4.79 Å². The second-order valence-electron chi connectivity index (χ2n) is 2.44. The van der Waals surface area contributed by atoms with Crippen LogP contribution in [-0.2, 0) is 0 Å². The number of carbonyl (C=O) groups is 1. The van der Waals surface area contributed by atoms with Gasteiger partial charge in [-0.25, -0.2) is 9.97 Å². The summed E-state index contributed by atoms with van der Waals surface area (Å²) in [6, 6.07) is 0. The predicted molar refractivity (Wildman–Crippen MR) is 53.3 cm³/mol. The zero-order valence-electron chi connectivity index (χ0n) is 6.85. The maximum Gasteiger partial charge on any atom is 0.161 e. The van der Waals surface area contributed by atoms with Crippen LogP contribution in [-0.4, -0.2) is 16.3 Å². The van der Waals surface area contributed by atoms with Crippen molar-refractivity contribution in [2.45, 2.75) is 6.92 Å². The Labute approximate surface area is 83.1 Å². The Morgan fingerprint density at radius 3 is 2.92 bits per heavy atom. The van der Waals surface area contributed by atoms with Crippen LogP contribution >= 0.6 is 22.7 Å². The third kappa shape index (κ3) is 1.66. The quantitative estimate of drug-likeness (QED) is 0.715. The van der Waals surface area contributed by atoms with Gasteiger partial charge in [0.15, 0.2) is 6.29 Å². The molecule has 0 atom stereocenters. The molecule has 0 aliphatic carbocycles. The Balaban J connectivity index is 2.40. The molecule has 0 radical (unpaired) electrons. The molecular weight excluding hydrogens is 204 g/mol. The lowest BCUT2D eigenvalue weighted by Crippen LogP contribution is -1.73. The van der Waals surface area contributed by atoms with E-state index in [1.54, 1.807) is 17.5 Å². The second kappa shape index (κ2) is 3.35. The minimum absolute atomic E-state index is 0.639. The maximum atomic E-state index is 10.4. The molecule has 0 unspecified atom stereocenters. The first-order chi connectivity index (χ1) is 6.29. The van der Waals surface area contributed by atoms with E-state index >= 15 is 0 Å². The summed E-state index contributed by atoms with van der Waals surface area (Å²) in [5.41, 5.74) is 0.862. The number of hydrogen-bond donors (Lipinski definition) is 0. The van der Waals surface area contributed by atoms with E-state index in [2.05, 4.69) is 9.97 Å². The monoisotopic (exact) mass is 210 g/mol. The van der Waals surface area contributed by atoms with Crippen molar-refractivity contribution < 1.29 is 4.79 Å². The van der Waals surface area contributed by atoms with Crippen LogP contribution in [0.15, 0.2) is 11.6 Å². The highest BCUT2D eigenvalue weighted by molar-refractivity contribution is 7.17. The lowest BCUT2D eigenvalue weighted by molar-refractivity contribution is 0.112. The van der Waals surface area contributed by atoms with E-state index in [1.807, 2.05) is 12.3 Å². The Morgan fingerprint density at radius 2 is 2.38 bits per heavy atom. The smallest absolute Gasteiger partial charge is 0.161 e. The van der Waals surface area contributed by atoms with Crippen LogP contribution in [0.2, 0.25) is 0 Å². The molecule has 0 spiro atoms. The highest BCUT2D eigenvalue weighted by atomic mass is 32.1. The molecule has 0 amide bonds. The minimum Gasteiger partial charge on any atom is -0.297 e. The van der Waals surface area contributed by atoms with E-state index in [0.717, 1.165) is 22.0 Å². The van der Waals surface area contributed by atoms with E-state index < -0.39 is 0 Å². The fraction of sp³-hybridized carbons (Fsp3) is 0.125. The van der Waals surface area contributed by atoms with Gasteiger partial charge >= 0.3 is 0 Å². The largest absolute Gasteiger partial charge is 0.297 e. The highest BCUT2D eigenvalue weighted by Crippen LogP contribution is 2.25. The summed E-state index contributed by atoms with van der Waals surface area (Å²) >= 11 is 2.95. The number of aromatic nitrogens is 2.